The molecule has 3 aromatic rings. The molecule has 0 atom stereocenters. The smallest absolute Gasteiger partial charge is 0.254 e. The molecule has 0 fully saturated rings. The Balaban J connectivity index is 1.69. The van der Waals surface area contributed by atoms with Crippen LogP contribution in [0.4, 0.5) is 5.82 Å². The molecule has 1 aromatic carbocycles. The third-order valence-corrected chi connectivity index (χ3v) is 5.72. The first-order chi connectivity index (χ1) is 12.0. The SMILES string of the molecule is Cc1cccc(C(=O)N2CCc3c(sc4ncnc(N(C)C)c34)C2)c1. The van der Waals surface area contributed by atoms with Crippen molar-refractivity contribution in [1.82, 2.24) is 14.9 Å². The lowest BCUT2D eigenvalue weighted by molar-refractivity contribution is 0.0737. The minimum Gasteiger partial charge on any atom is -0.362 e. The second-order valence-electron chi connectivity index (χ2n) is 6.62. The van der Waals surface area contributed by atoms with Crippen LogP contribution in [0.25, 0.3) is 10.2 Å². The summed E-state index contributed by atoms with van der Waals surface area (Å²) in [6.07, 6.45) is 2.47. The van der Waals surface area contributed by atoms with E-state index >= 15 is 0 Å². The van der Waals surface area contributed by atoms with Crippen molar-refractivity contribution in [3.05, 3.63) is 52.2 Å². The third-order valence-electron chi connectivity index (χ3n) is 4.59. The van der Waals surface area contributed by atoms with Crippen LogP contribution in [-0.2, 0) is 13.0 Å². The van der Waals surface area contributed by atoms with E-state index < -0.39 is 0 Å². The summed E-state index contributed by atoms with van der Waals surface area (Å²) in [5, 5.41) is 1.15. The maximum Gasteiger partial charge on any atom is 0.254 e. The zero-order valence-electron chi connectivity index (χ0n) is 14.6. The van der Waals surface area contributed by atoms with Crippen molar-refractivity contribution in [2.24, 2.45) is 0 Å². The molecule has 25 heavy (non-hydrogen) atoms. The number of nitrogens with zero attached hydrogens (tertiary/aromatic N) is 4. The summed E-state index contributed by atoms with van der Waals surface area (Å²) in [6, 6.07) is 7.80. The molecule has 0 saturated heterocycles. The van der Waals surface area contributed by atoms with Gasteiger partial charge in [-0.2, -0.15) is 0 Å². The molecule has 5 nitrogen and oxygen atoms in total. The molecule has 128 valence electrons. The van der Waals surface area contributed by atoms with Gasteiger partial charge in [0, 0.05) is 31.1 Å². The molecule has 0 bridgehead atoms. The predicted octanol–water partition coefficient (Wildman–Crippen LogP) is 3.26. The van der Waals surface area contributed by atoms with Gasteiger partial charge in [0.15, 0.2) is 0 Å². The summed E-state index contributed by atoms with van der Waals surface area (Å²) in [5.41, 5.74) is 3.17. The summed E-state index contributed by atoms with van der Waals surface area (Å²) in [6.45, 7) is 3.39. The van der Waals surface area contributed by atoms with E-state index in [0.29, 0.717) is 6.54 Å². The second-order valence-corrected chi connectivity index (χ2v) is 7.71. The summed E-state index contributed by atoms with van der Waals surface area (Å²) in [4.78, 5) is 27.9. The van der Waals surface area contributed by atoms with Crippen molar-refractivity contribution in [3.8, 4) is 0 Å². The van der Waals surface area contributed by atoms with Gasteiger partial charge in [0.2, 0.25) is 0 Å². The third kappa shape index (κ3) is 2.76. The lowest BCUT2D eigenvalue weighted by Crippen LogP contribution is -2.35. The zero-order valence-corrected chi connectivity index (χ0v) is 15.4. The maximum atomic E-state index is 12.8. The highest BCUT2D eigenvalue weighted by atomic mass is 32.1. The van der Waals surface area contributed by atoms with Crippen LogP contribution in [0.3, 0.4) is 0 Å². The minimum absolute atomic E-state index is 0.103. The van der Waals surface area contributed by atoms with Crippen molar-refractivity contribution in [3.63, 3.8) is 0 Å². The molecule has 1 amide bonds. The molecule has 0 aliphatic carbocycles. The normalized spacial score (nSPS) is 13.8. The van der Waals surface area contributed by atoms with Crippen LogP contribution < -0.4 is 4.90 Å². The van der Waals surface area contributed by atoms with Gasteiger partial charge in [-0.1, -0.05) is 17.7 Å². The average Bonchev–Trinajstić information content (AvgIpc) is 2.98. The summed E-state index contributed by atoms with van der Waals surface area (Å²) >= 11 is 1.68. The largest absolute Gasteiger partial charge is 0.362 e. The highest BCUT2D eigenvalue weighted by molar-refractivity contribution is 7.19. The van der Waals surface area contributed by atoms with Gasteiger partial charge in [0.25, 0.3) is 5.91 Å². The van der Waals surface area contributed by atoms with E-state index in [4.69, 9.17) is 0 Å². The van der Waals surface area contributed by atoms with E-state index in [1.807, 2.05) is 55.1 Å². The average molecular weight is 352 g/mol. The van der Waals surface area contributed by atoms with Gasteiger partial charge < -0.3 is 9.80 Å². The number of hydrogen-bond acceptors (Lipinski definition) is 5. The van der Waals surface area contributed by atoms with E-state index in [1.54, 1.807) is 17.7 Å². The maximum absolute atomic E-state index is 12.8. The summed E-state index contributed by atoms with van der Waals surface area (Å²) in [7, 11) is 4.00. The fraction of sp³-hybridized carbons (Fsp3) is 0.316. The number of carbonyl (C=O) groups excluding carboxylic acids is 1. The van der Waals surface area contributed by atoms with Crippen LogP contribution in [0.5, 0.6) is 0 Å². The standard InChI is InChI=1S/C19H20N4OS/c1-12-5-4-6-13(9-12)19(24)23-8-7-14-15(10-23)25-18-16(14)17(22(2)3)20-11-21-18/h4-6,9,11H,7-8,10H2,1-3H3. The number of carbonyl (C=O) groups is 1. The van der Waals surface area contributed by atoms with Crippen molar-refractivity contribution < 1.29 is 4.79 Å². The summed E-state index contributed by atoms with van der Waals surface area (Å²) < 4.78 is 0. The van der Waals surface area contributed by atoms with Gasteiger partial charge in [-0.25, -0.2) is 9.97 Å². The van der Waals surface area contributed by atoms with Crippen LogP contribution in [0.1, 0.15) is 26.4 Å². The molecule has 1 aliphatic rings. The Morgan fingerprint density at radius 2 is 2.12 bits per heavy atom. The van der Waals surface area contributed by atoms with Crippen molar-refractivity contribution in [2.75, 3.05) is 25.5 Å². The number of fused-ring (bicyclic) bond motifs is 3. The van der Waals surface area contributed by atoms with Crippen molar-refractivity contribution in [2.45, 2.75) is 19.9 Å². The monoisotopic (exact) mass is 352 g/mol. The van der Waals surface area contributed by atoms with Gasteiger partial charge in [-0.3, -0.25) is 4.79 Å². The van der Waals surface area contributed by atoms with Crippen LogP contribution in [-0.4, -0.2) is 41.4 Å². The lowest BCUT2D eigenvalue weighted by atomic mass is 10.0. The molecule has 0 spiro atoms. The Hall–Kier alpha value is -2.47. The van der Waals surface area contributed by atoms with Crippen LogP contribution in [0.2, 0.25) is 0 Å². The first-order valence-electron chi connectivity index (χ1n) is 8.33. The van der Waals surface area contributed by atoms with E-state index in [1.165, 1.54) is 10.4 Å². The fourth-order valence-corrected chi connectivity index (χ4v) is 4.58. The first kappa shape index (κ1) is 16.0. The van der Waals surface area contributed by atoms with Crippen LogP contribution >= 0.6 is 11.3 Å². The van der Waals surface area contributed by atoms with Gasteiger partial charge in [-0.05, 0) is 31.0 Å². The van der Waals surface area contributed by atoms with Crippen LogP contribution in [0, 0.1) is 6.92 Å². The Morgan fingerprint density at radius 3 is 2.88 bits per heavy atom. The fourth-order valence-electron chi connectivity index (χ4n) is 3.38. The number of aryl methyl sites for hydroxylation is 1. The highest BCUT2D eigenvalue weighted by Gasteiger charge is 2.27. The Labute approximate surface area is 150 Å². The number of thiophene rings is 1. The molecule has 0 radical (unpaired) electrons. The second kappa shape index (κ2) is 6.11. The van der Waals surface area contributed by atoms with Crippen molar-refractivity contribution in [1.29, 1.82) is 0 Å². The van der Waals surface area contributed by atoms with E-state index in [9.17, 15) is 4.79 Å². The van der Waals surface area contributed by atoms with Gasteiger partial charge in [0.05, 0.1) is 11.9 Å². The molecule has 0 saturated carbocycles. The Bertz CT molecular complexity index is 963. The number of anilines is 1. The zero-order chi connectivity index (χ0) is 17.6. The molecule has 2 aromatic heterocycles. The minimum atomic E-state index is 0.103. The number of hydrogen-bond donors (Lipinski definition) is 0. The number of rotatable bonds is 2. The molecule has 1 aliphatic heterocycles. The molecule has 0 unspecified atom stereocenters. The van der Waals surface area contributed by atoms with Gasteiger partial charge >= 0.3 is 0 Å². The quantitative estimate of drug-likeness (QED) is 0.710. The topological polar surface area (TPSA) is 49.3 Å². The van der Waals surface area contributed by atoms with Crippen LogP contribution in [0.15, 0.2) is 30.6 Å². The van der Waals surface area contributed by atoms with E-state index in [-0.39, 0.29) is 5.91 Å². The Kier molecular flexibility index (Phi) is 3.92. The Morgan fingerprint density at radius 1 is 1.28 bits per heavy atom. The predicted molar refractivity (Wildman–Crippen MR) is 101 cm³/mol. The van der Waals surface area contributed by atoms with E-state index in [2.05, 4.69) is 9.97 Å². The van der Waals surface area contributed by atoms with Gasteiger partial charge in [0.1, 0.15) is 17.0 Å². The molecule has 6 heteroatoms. The number of aromatic nitrogens is 2. The highest BCUT2D eigenvalue weighted by Crippen LogP contribution is 2.38. The molecule has 0 N–H and O–H groups in total. The van der Waals surface area contributed by atoms with E-state index in [0.717, 1.165) is 40.1 Å². The summed E-state index contributed by atoms with van der Waals surface area (Å²) in [5.74, 6) is 1.06. The molecular formula is C19H20N4OS. The first-order valence-corrected chi connectivity index (χ1v) is 9.15. The number of amides is 1. The van der Waals surface area contributed by atoms with Gasteiger partial charge in [-0.15, -0.1) is 11.3 Å². The number of benzene rings is 1. The molecule has 3 heterocycles. The molecular weight excluding hydrogens is 332 g/mol. The molecule has 4 rings (SSSR count). The lowest BCUT2D eigenvalue weighted by Gasteiger charge is -2.27. The van der Waals surface area contributed by atoms with Crippen molar-refractivity contribution >= 4 is 33.3 Å².